The van der Waals surface area contributed by atoms with E-state index in [2.05, 4.69) is 12.2 Å². The Morgan fingerprint density at radius 2 is 2.21 bits per heavy atom. The zero-order valence-corrected chi connectivity index (χ0v) is 14.8. The van der Waals surface area contributed by atoms with E-state index in [4.69, 9.17) is 14.2 Å². The van der Waals surface area contributed by atoms with Gasteiger partial charge in [-0.1, -0.05) is 25.5 Å². The average Bonchev–Trinajstić information content (AvgIpc) is 2.62. The zero-order chi connectivity index (χ0) is 17.2. The molecule has 1 aromatic rings. The van der Waals surface area contributed by atoms with Crippen molar-refractivity contribution in [1.29, 1.82) is 0 Å². The number of benzene rings is 1. The molecule has 0 aromatic heterocycles. The molecule has 0 spiro atoms. The third-order valence-corrected chi connectivity index (χ3v) is 4.08. The Hall–Kier alpha value is -1.59. The molecule has 1 aliphatic heterocycles. The second kappa shape index (κ2) is 10.3. The van der Waals surface area contributed by atoms with E-state index in [9.17, 15) is 4.79 Å². The number of para-hydroxylation sites is 2. The van der Waals surface area contributed by atoms with Gasteiger partial charge in [0.1, 0.15) is 11.9 Å². The van der Waals surface area contributed by atoms with E-state index in [1.165, 1.54) is 0 Å². The van der Waals surface area contributed by atoms with E-state index in [-0.39, 0.29) is 12.0 Å². The summed E-state index contributed by atoms with van der Waals surface area (Å²) in [5.41, 5.74) is 0.683. The number of amides is 1. The molecule has 134 valence electrons. The van der Waals surface area contributed by atoms with E-state index in [1.54, 1.807) is 6.92 Å². The first-order valence-electron chi connectivity index (χ1n) is 8.96. The maximum absolute atomic E-state index is 12.3. The number of hydrogen-bond acceptors (Lipinski definition) is 4. The van der Waals surface area contributed by atoms with Crippen LogP contribution in [0.15, 0.2) is 24.3 Å². The third-order valence-electron chi connectivity index (χ3n) is 4.08. The monoisotopic (exact) mass is 335 g/mol. The maximum Gasteiger partial charge on any atom is 0.253 e. The molecule has 1 amide bonds. The Kier molecular flexibility index (Phi) is 8.05. The minimum atomic E-state index is -0.528. The molecule has 0 aliphatic carbocycles. The van der Waals surface area contributed by atoms with Crippen molar-refractivity contribution in [2.45, 2.75) is 58.2 Å². The first kappa shape index (κ1) is 18.7. The molecule has 1 N–H and O–H groups in total. The molecule has 5 nitrogen and oxygen atoms in total. The topological polar surface area (TPSA) is 56.8 Å². The molecule has 5 heteroatoms. The van der Waals surface area contributed by atoms with E-state index in [1.807, 2.05) is 24.3 Å². The highest BCUT2D eigenvalue weighted by molar-refractivity contribution is 5.95. The molecule has 2 atom stereocenters. The van der Waals surface area contributed by atoms with Gasteiger partial charge < -0.3 is 19.5 Å². The standard InChI is InChI=1S/C19H29NO4/c1-3-4-12-23-18-11-6-5-10-17(18)20-19(21)15(2)24-14-16-9-7-8-13-22-16/h5-6,10-11,15-16H,3-4,7-9,12-14H2,1-2H3,(H,20,21). The van der Waals surface area contributed by atoms with Gasteiger partial charge in [0.15, 0.2) is 0 Å². The summed E-state index contributed by atoms with van der Waals surface area (Å²) in [5.74, 6) is 0.527. The lowest BCUT2D eigenvalue weighted by molar-refractivity contribution is -0.130. The summed E-state index contributed by atoms with van der Waals surface area (Å²) in [4.78, 5) is 12.3. The van der Waals surface area contributed by atoms with Crippen LogP contribution in [-0.4, -0.2) is 37.9 Å². The molecule has 24 heavy (non-hydrogen) atoms. The molecule has 2 unspecified atom stereocenters. The van der Waals surface area contributed by atoms with Gasteiger partial charge in [-0.2, -0.15) is 0 Å². The summed E-state index contributed by atoms with van der Waals surface area (Å²) in [5, 5.41) is 2.90. The van der Waals surface area contributed by atoms with Crippen molar-refractivity contribution in [3.05, 3.63) is 24.3 Å². The molecule has 1 heterocycles. The van der Waals surface area contributed by atoms with Gasteiger partial charge in [-0.25, -0.2) is 0 Å². The Bertz CT molecular complexity index is 500. The summed E-state index contributed by atoms with van der Waals surface area (Å²) in [6.45, 7) is 5.78. The Balaban J connectivity index is 1.81. The summed E-state index contributed by atoms with van der Waals surface area (Å²) in [6, 6.07) is 7.49. The van der Waals surface area contributed by atoms with Crippen LogP contribution in [0.1, 0.15) is 46.0 Å². The lowest BCUT2D eigenvalue weighted by atomic mass is 10.1. The fraction of sp³-hybridized carbons (Fsp3) is 0.632. The predicted octanol–water partition coefficient (Wildman–Crippen LogP) is 3.78. The fourth-order valence-corrected chi connectivity index (χ4v) is 2.52. The molecule has 0 saturated carbocycles. The second-order valence-electron chi connectivity index (χ2n) is 6.15. The summed E-state index contributed by atoms with van der Waals surface area (Å²) >= 11 is 0. The second-order valence-corrected chi connectivity index (χ2v) is 6.15. The highest BCUT2D eigenvalue weighted by Gasteiger charge is 2.19. The fourth-order valence-electron chi connectivity index (χ4n) is 2.52. The first-order chi connectivity index (χ1) is 11.7. The highest BCUT2D eigenvalue weighted by atomic mass is 16.5. The van der Waals surface area contributed by atoms with Crippen LogP contribution in [0.3, 0.4) is 0 Å². The van der Waals surface area contributed by atoms with Crippen molar-refractivity contribution in [3.63, 3.8) is 0 Å². The van der Waals surface area contributed by atoms with Crippen LogP contribution < -0.4 is 10.1 Å². The van der Waals surface area contributed by atoms with Crippen LogP contribution in [0, 0.1) is 0 Å². The number of unbranched alkanes of at least 4 members (excludes halogenated alkanes) is 1. The molecule has 2 rings (SSSR count). The van der Waals surface area contributed by atoms with Crippen molar-refractivity contribution >= 4 is 11.6 Å². The van der Waals surface area contributed by atoms with E-state index in [0.717, 1.165) is 38.7 Å². The highest BCUT2D eigenvalue weighted by Crippen LogP contribution is 2.24. The van der Waals surface area contributed by atoms with Gasteiger partial charge in [0.25, 0.3) is 5.91 Å². The van der Waals surface area contributed by atoms with Crippen LogP contribution >= 0.6 is 0 Å². The molecular formula is C19H29NO4. The van der Waals surface area contributed by atoms with Crippen LogP contribution in [0.25, 0.3) is 0 Å². The van der Waals surface area contributed by atoms with Gasteiger partial charge in [-0.05, 0) is 44.7 Å². The normalized spacial score (nSPS) is 18.8. The zero-order valence-electron chi connectivity index (χ0n) is 14.8. The van der Waals surface area contributed by atoms with Crippen molar-refractivity contribution in [2.24, 2.45) is 0 Å². The minimum absolute atomic E-state index is 0.110. The van der Waals surface area contributed by atoms with Crippen molar-refractivity contribution in [2.75, 3.05) is 25.1 Å². The van der Waals surface area contributed by atoms with E-state index < -0.39 is 6.10 Å². The SMILES string of the molecule is CCCCOc1ccccc1NC(=O)C(C)OCC1CCCCO1. The Morgan fingerprint density at radius 3 is 2.96 bits per heavy atom. The number of carbonyl (C=O) groups excluding carboxylic acids is 1. The van der Waals surface area contributed by atoms with Crippen molar-refractivity contribution in [1.82, 2.24) is 0 Å². The third kappa shape index (κ3) is 6.13. The van der Waals surface area contributed by atoms with Crippen LogP contribution in [0.2, 0.25) is 0 Å². The van der Waals surface area contributed by atoms with Crippen LogP contribution in [-0.2, 0) is 14.3 Å². The molecule has 1 aromatic carbocycles. The maximum atomic E-state index is 12.3. The van der Waals surface area contributed by atoms with Gasteiger partial charge in [-0.3, -0.25) is 4.79 Å². The Labute approximate surface area is 144 Å². The molecule has 0 bridgehead atoms. The number of hydrogen-bond donors (Lipinski definition) is 1. The summed E-state index contributed by atoms with van der Waals surface area (Å²) < 4.78 is 17.0. The molecular weight excluding hydrogens is 306 g/mol. The Morgan fingerprint density at radius 1 is 1.38 bits per heavy atom. The largest absolute Gasteiger partial charge is 0.491 e. The molecule has 1 fully saturated rings. The predicted molar refractivity (Wildman–Crippen MR) is 94.5 cm³/mol. The smallest absolute Gasteiger partial charge is 0.253 e. The molecule has 1 aliphatic rings. The van der Waals surface area contributed by atoms with Gasteiger partial charge in [-0.15, -0.1) is 0 Å². The van der Waals surface area contributed by atoms with Gasteiger partial charge in [0, 0.05) is 6.61 Å². The lowest BCUT2D eigenvalue weighted by Gasteiger charge is -2.24. The first-order valence-corrected chi connectivity index (χ1v) is 8.96. The molecule has 1 saturated heterocycles. The number of ether oxygens (including phenoxy) is 3. The van der Waals surface area contributed by atoms with E-state index in [0.29, 0.717) is 24.7 Å². The van der Waals surface area contributed by atoms with Gasteiger partial charge >= 0.3 is 0 Å². The van der Waals surface area contributed by atoms with Crippen molar-refractivity contribution in [3.8, 4) is 5.75 Å². The minimum Gasteiger partial charge on any atom is -0.491 e. The number of anilines is 1. The van der Waals surface area contributed by atoms with Gasteiger partial charge in [0.2, 0.25) is 0 Å². The number of rotatable bonds is 9. The number of nitrogens with one attached hydrogen (secondary N) is 1. The average molecular weight is 335 g/mol. The van der Waals surface area contributed by atoms with Crippen LogP contribution in [0.5, 0.6) is 5.75 Å². The lowest BCUT2D eigenvalue weighted by Crippen LogP contribution is -2.32. The number of carbonyl (C=O) groups is 1. The van der Waals surface area contributed by atoms with Crippen molar-refractivity contribution < 1.29 is 19.0 Å². The summed E-state index contributed by atoms with van der Waals surface area (Å²) in [7, 11) is 0. The van der Waals surface area contributed by atoms with Crippen LogP contribution in [0.4, 0.5) is 5.69 Å². The molecule has 0 radical (unpaired) electrons. The van der Waals surface area contributed by atoms with E-state index >= 15 is 0 Å². The van der Waals surface area contributed by atoms with Gasteiger partial charge in [0.05, 0.1) is 25.0 Å². The summed E-state index contributed by atoms with van der Waals surface area (Å²) in [6.07, 6.45) is 4.92. The quantitative estimate of drug-likeness (QED) is 0.698.